The average Bonchev–Trinajstić information content (AvgIpc) is 2.76. The molecular formula is C26H25N3O2. The fourth-order valence-electron chi connectivity index (χ4n) is 2.99. The number of amides is 1. The van der Waals surface area contributed by atoms with Crippen LogP contribution in [0.4, 0.5) is 11.4 Å². The summed E-state index contributed by atoms with van der Waals surface area (Å²) in [4.78, 5) is 12.5. The lowest BCUT2D eigenvalue weighted by Gasteiger charge is -2.22. The van der Waals surface area contributed by atoms with Gasteiger partial charge in [-0.25, -0.2) is 0 Å². The number of nitrogens with zero attached hydrogens (tertiary/aromatic N) is 1. The van der Waals surface area contributed by atoms with Gasteiger partial charge in [-0.05, 0) is 53.4 Å². The van der Waals surface area contributed by atoms with Gasteiger partial charge in [-0.1, -0.05) is 57.2 Å². The van der Waals surface area contributed by atoms with Crippen molar-refractivity contribution in [2.24, 2.45) is 0 Å². The van der Waals surface area contributed by atoms with Crippen molar-refractivity contribution >= 4 is 17.3 Å². The maximum absolute atomic E-state index is 12.5. The summed E-state index contributed by atoms with van der Waals surface area (Å²) >= 11 is 0. The van der Waals surface area contributed by atoms with Crippen LogP contribution in [0.2, 0.25) is 0 Å². The Morgan fingerprint density at radius 1 is 0.903 bits per heavy atom. The Labute approximate surface area is 183 Å². The highest BCUT2D eigenvalue weighted by Crippen LogP contribution is 2.29. The zero-order valence-corrected chi connectivity index (χ0v) is 17.8. The van der Waals surface area contributed by atoms with Crippen molar-refractivity contribution in [2.45, 2.75) is 26.2 Å². The minimum Gasteiger partial charge on any atom is -0.457 e. The highest BCUT2D eigenvalue weighted by atomic mass is 16.5. The van der Waals surface area contributed by atoms with Crippen LogP contribution in [0.5, 0.6) is 11.5 Å². The first-order chi connectivity index (χ1) is 14.9. The Hall–Kier alpha value is -4.04. The lowest BCUT2D eigenvalue weighted by atomic mass is 9.86. The van der Waals surface area contributed by atoms with E-state index < -0.39 is 5.91 Å². The predicted octanol–water partition coefficient (Wildman–Crippen LogP) is 6.23. The van der Waals surface area contributed by atoms with Gasteiger partial charge in [0.1, 0.15) is 23.1 Å². The van der Waals surface area contributed by atoms with Crippen LogP contribution in [0.3, 0.4) is 0 Å². The van der Waals surface area contributed by atoms with E-state index in [-0.39, 0.29) is 11.0 Å². The second kappa shape index (κ2) is 9.64. The Balaban J connectivity index is 1.67. The van der Waals surface area contributed by atoms with E-state index in [1.54, 1.807) is 24.3 Å². The second-order valence-electron chi connectivity index (χ2n) is 8.00. The highest BCUT2D eigenvalue weighted by Gasteiger charge is 2.17. The fourth-order valence-corrected chi connectivity index (χ4v) is 2.99. The Kier molecular flexibility index (Phi) is 6.74. The topological polar surface area (TPSA) is 74.2 Å². The summed E-state index contributed by atoms with van der Waals surface area (Å²) in [5.41, 5.74) is 2.43. The molecule has 0 atom stereocenters. The summed E-state index contributed by atoms with van der Waals surface area (Å²) in [5.74, 6) is 0.899. The number of carbonyl (C=O) groups excluding carboxylic acids is 1. The molecule has 5 nitrogen and oxygen atoms in total. The number of hydrogen-bond donors (Lipinski definition) is 2. The molecule has 0 aliphatic carbocycles. The molecular weight excluding hydrogens is 386 g/mol. The van der Waals surface area contributed by atoms with E-state index >= 15 is 0 Å². The number of hydrogen-bond acceptors (Lipinski definition) is 4. The number of ether oxygens (including phenoxy) is 1. The van der Waals surface area contributed by atoms with Gasteiger partial charge in [-0.3, -0.25) is 4.79 Å². The van der Waals surface area contributed by atoms with E-state index in [2.05, 4.69) is 31.4 Å². The number of anilines is 2. The van der Waals surface area contributed by atoms with Gasteiger partial charge < -0.3 is 15.4 Å². The summed E-state index contributed by atoms with van der Waals surface area (Å²) < 4.78 is 5.75. The second-order valence-corrected chi connectivity index (χ2v) is 8.00. The molecule has 0 unspecified atom stereocenters. The molecule has 2 N–H and O–H groups in total. The van der Waals surface area contributed by atoms with Crippen molar-refractivity contribution in [3.63, 3.8) is 0 Å². The summed E-state index contributed by atoms with van der Waals surface area (Å²) in [5, 5.41) is 15.3. The average molecular weight is 412 g/mol. The van der Waals surface area contributed by atoms with E-state index in [1.165, 1.54) is 6.20 Å². The molecule has 0 aromatic heterocycles. The van der Waals surface area contributed by atoms with Crippen molar-refractivity contribution in [1.82, 2.24) is 0 Å². The first-order valence-electron chi connectivity index (χ1n) is 9.97. The zero-order valence-electron chi connectivity index (χ0n) is 17.8. The third-order valence-electron chi connectivity index (χ3n) is 4.56. The van der Waals surface area contributed by atoms with Crippen LogP contribution in [0.1, 0.15) is 26.3 Å². The Morgan fingerprint density at radius 3 is 2.16 bits per heavy atom. The third kappa shape index (κ3) is 5.97. The van der Waals surface area contributed by atoms with Crippen molar-refractivity contribution in [3.05, 3.63) is 96.2 Å². The van der Waals surface area contributed by atoms with Gasteiger partial charge in [0.05, 0.1) is 0 Å². The fraction of sp³-hybridized carbons (Fsp3) is 0.154. The minimum absolute atomic E-state index is 0.0201. The maximum atomic E-state index is 12.5. The predicted molar refractivity (Wildman–Crippen MR) is 124 cm³/mol. The molecule has 156 valence electrons. The number of nitrogens with one attached hydrogen (secondary N) is 2. The monoisotopic (exact) mass is 411 g/mol. The number of carbonyl (C=O) groups is 1. The summed E-state index contributed by atoms with van der Waals surface area (Å²) in [7, 11) is 0. The smallest absolute Gasteiger partial charge is 0.267 e. The molecule has 1 amide bonds. The molecule has 0 radical (unpaired) electrons. The van der Waals surface area contributed by atoms with E-state index in [9.17, 15) is 10.1 Å². The number of nitriles is 1. The van der Waals surface area contributed by atoms with Gasteiger partial charge in [0, 0.05) is 17.6 Å². The maximum Gasteiger partial charge on any atom is 0.267 e. The molecule has 3 aromatic rings. The molecule has 31 heavy (non-hydrogen) atoms. The van der Waals surface area contributed by atoms with Crippen LogP contribution in [0, 0.1) is 11.3 Å². The lowest BCUT2D eigenvalue weighted by molar-refractivity contribution is -0.112. The van der Waals surface area contributed by atoms with Gasteiger partial charge in [-0.15, -0.1) is 0 Å². The summed E-state index contributed by atoms with van der Waals surface area (Å²) in [6, 6.07) is 26.2. The third-order valence-corrected chi connectivity index (χ3v) is 4.56. The molecule has 0 aliphatic heterocycles. The number of para-hydroxylation sites is 2. The van der Waals surface area contributed by atoms with Crippen LogP contribution in [0.25, 0.3) is 0 Å². The van der Waals surface area contributed by atoms with Crippen LogP contribution >= 0.6 is 0 Å². The minimum atomic E-state index is -0.486. The molecule has 0 fully saturated rings. The molecule has 0 saturated heterocycles. The van der Waals surface area contributed by atoms with E-state index in [4.69, 9.17) is 4.74 Å². The van der Waals surface area contributed by atoms with Crippen LogP contribution in [-0.2, 0) is 10.2 Å². The molecule has 0 aliphatic rings. The molecule has 0 bridgehead atoms. The molecule has 3 rings (SSSR count). The lowest BCUT2D eigenvalue weighted by Crippen LogP contribution is -2.16. The standard InChI is InChI=1S/C26H25N3O2/c1-26(2,3)23-11-7-8-12-24(23)28-18-19(17-27)25(30)29-20-13-15-22(16-14-20)31-21-9-5-4-6-10-21/h4-16,18,28H,1-3H3,(H,29,30)/b19-18-. The molecule has 5 heteroatoms. The van der Waals surface area contributed by atoms with E-state index in [1.807, 2.05) is 60.7 Å². The van der Waals surface area contributed by atoms with Crippen molar-refractivity contribution < 1.29 is 9.53 Å². The van der Waals surface area contributed by atoms with Gasteiger partial charge in [0.2, 0.25) is 0 Å². The molecule has 0 spiro atoms. The normalized spacial score (nSPS) is 11.4. The van der Waals surface area contributed by atoms with Crippen LogP contribution in [-0.4, -0.2) is 5.91 Å². The molecule has 3 aromatic carbocycles. The first-order valence-corrected chi connectivity index (χ1v) is 9.97. The van der Waals surface area contributed by atoms with Crippen molar-refractivity contribution in [1.29, 1.82) is 5.26 Å². The summed E-state index contributed by atoms with van der Waals surface area (Å²) in [6.07, 6.45) is 1.44. The van der Waals surface area contributed by atoms with Crippen LogP contribution < -0.4 is 15.4 Å². The SMILES string of the molecule is CC(C)(C)c1ccccc1N/C=C(/C#N)C(=O)Nc1ccc(Oc2ccccc2)cc1. The Morgan fingerprint density at radius 2 is 1.52 bits per heavy atom. The molecule has 0 saturated carbocycles. The molecule has 0 heterocycles. The zero-order chi connectivity index (χ0) is 22.3. The van der Waals surface area contributed by atoms with Gasteiger partial charge >= 0.3 is 0 Å². The van der Waals surface area contributed by atoms with Gasteiger partial charge in [-0.2, -0.15) is 5.26 Å². The highest BCUT2D eigenvalue weighted by molar-refractivity contribution is 6.06. The summed E-state index contributed by atoms with van der Waals surface area (Å²) in [6.45, 7) is 6.33. The first kappa shape index (κ1) is 21.7. The number of benzene rings is 3. The van der Waals surface area contributed by atoms with Gasteiger partial charge in [0.25, 0.3) is 5.91 Å². The largest absolute Gasteiger partial charge is 0.457 e. The van der Waals surface area contributed by atoms with Crippen molar-refractivity contribution in [3.8, 4) is 17.6 Å². The van der Waals surface area contributed by atoms with E-state index in [0.29, 0.717) is 11.4 Å². The van der Waals surface area contributed by atoms with E-state index in [0.717, 1.165) is 17.0 Å². The van der Waals surface area contributed by atoms with Crippen molar-refractivity contribution in [2.75, 3.05) is 10.6 Å². The number of rotatable bonds is 6. The Bertz CT molecular complexity index is 1110. The van der Waals surface area contributed by atoms with Gasteiger partial charge in [0.15, 0.2) is 0 Å². The van der Waals surface area contributed by atoms with Crippen LogP contribution in [0.15, 0.2) is 90.6 Å². The quantitative estimate of drug-likeness (QED) is 0.372.